The van der Waals surface area contributed by atoms with Crippen LogP contribution in [0.3, 0.4) is 0 Å². The smallest absolute Gasteiger partial charge is 0.314 e. The van der Waals surface area contributed by atoms with Crippen LogP contribution in [0.2, 0.25) is 0 Å². The number of carbonyl (C=O) groups is 1. The summed E-state index contributed by atoms with van der Waals surface area (Å²) in [6.45, 7) is 4.28. The summed E-state index contributed by atoms with van der Waals surface area (Å²) < 4.78 is 5.63. The number of rotatable bonds is 5. The first-order valence-electron chi connectivity index (χ1n) is 11.6. The molecule has 0 N–H and O–H groups in total. The maximum atomic E-state index is 12.5. The van der Waals surface area contributed by atoms with E-state index in [1.165, 1.54) is 19.3 Å². The van der Waals surface area contributed by atoms with Gasteiger partial charge in [-0.25, -0.2) is 0 Å². The van der Waals surface area contributed by atoms with Crippen molar-refractivity contribution in [3.8, 4) is 29.4 Å². The zero-order valence-electron chi connectivity index (χ0n) is 18.7. The van der Waals surface area contributed by atoms with Gasteiger partial charge >= 0.3 is 5.97 Å². The second-order valence-corrected chi connectivity index (χ2v) is 8.29. The van der Waals surface area contributed by atoms with Crippen LogP contribution < -0.4 is 4.74 Å². The maximum Gasteiger partial charge on any atom is 0.314 e. The maximum absolute atomic E-state index is 12.5. The molecule has 0 bridgehead atoms. The van der Waals surface area contributed by atoms with Crippen molar-refractivity contribution < 1.29 is 9.53 Å². The lowest BCUT2D eigenvalue weighted by Crippen LogP contribution is -2.25. The third-order valence-corrected chi connectivity index (χ3v) is 5.86. The van der Waals surface area contributed by atoms with E-state index in [2.05, 4.69) is 30.6 Å². The van der Waals surface area contributed by atoms with Gasteiger partial charge in [0.05, 0.1) is 5.92 Å². The highest BCUT2D eigenvalue weighted by Gasteiger charge is 2.27. The van der Waals surface area contributed by atoms with E-state index in [-0.39, 0.29) is 11.9 Å². The van der Waals surface area contributed by atoms with Crippen molar-refractivity contribution in [1.29, 1.82) is 0 Å². The van der Waals surface area contributed by atoms with Crippen molar-refractivity contribution in [1.82, 2.24) is 0 Å². The summed E-state index contributed by atoms with van der Waals surface area (Å²) >= 11 is 0. The third-order valence-electron chi connectivity index (χ3n) is 5.86. The Balaban J connectivity index is 1.50. The van der Waals surface area contributed by atoms with Gasteiger partial charge in [0.2, 0.25) is 0 Å². The van der Waals surface area contributed by atoms with Crippen molar-refractivity contribution in [2.24, 2.45) is 11.8 Å². The van der Waals surface area contributed by atoms with E-state index < -0.39 is 0 Å². The van der Waals surface area contributed by atoms with E-state index >= 15 is 0 Å². The lowest BCUT2D eigenvalue weighted by Gasteiger charge is -2.27. The van der Waals surface area contributed by atoms with Crippen LogP contribution in [0, 0.1) is 35.5 Å². The topological polar surface area (TPSA) is 26.3 Å². The average Bonchev–Trinajstić information content (AvgIpc) is 2.82. The summed E-state index contributed by atoms with van der Waals surface area (Å²) in [5.74, 6) is 13.9. The van der Waals surface area contributed by atoms with Crippen LogP contribution in [0.4, 0.5) is 0 Å². The molecule has 0 amide bonds. The van der Waals surface area contributed by atoms with Gasteiger partial charge in [-0.2, -0.15) is 0 Å². The van der Waals surface area contributed by atoms with E-state index in [1.54, 1.807) is 0 Å². The lowest BCUT2D eigenvalue weighted by molar-refractivity contribution is -0.140. The first-order chi connectivity index (χ1) is 15.2. The molecule has 0 radical (unpaired) electrons. The van der Waals surface area contributed by atoms with E-state index in [4.69, 9.17) is 4.74 Å². The number of hydrogen-bond donors (Lipinski definition) is 0. The van der Waals surface area contributed by atoms with E-state index in [9.17, 15) is 4.79 Å². The molecule has 2 nitrogen and oxygen atoms in total. The first kappa shape index (κ1) is 22.7. The number of hydrogen-bond acceptors (Lipinski definition) is 2. The Bertz CT molecular complexity index is 954. The Kier molecular flexibility index (Phi) is 8.81. The molecule has 1 fully saturated rings. The van der Waals surface area contributed by atoms with Crippen molar-refractivity contribution in [3.05, 3.63) is 65.2 Å². The largest absolute Gasteiger partial charge is 0.426 e. The summed E-state index contributed by atoms with van der Waals surface area (Å²) in [5, 5.41) is 0. The Morgan fingerprint density at radius 2 is 1.39 bits per heavy atom. The number of ether oxygens (including phenoxy) is 1. The van der Waals surface area contributed by atoms with Crippen LogP contribution in [0.5, 0.6) is 5.75 Å². The monoisotopic (exact) mass is 412 g/mol. The van der Waals surface area contributed by atoms with Gasteiger partial charge in [-0.15, -0.1) is 0 Å². The summed E-state index contributed by atoms with van der Waals surface area (Å²) in [6.07, 6.45) is 8.93. The van der Waals surface area contributed by atoms with Gasteiger partial charge in [0.15, 0.2) is 0 Å². The van der Waals surface area contributed by atoms with Gasteiger partial charge in [0.25, 0.3) is 0 Å². The molecule has 2 heteroatoms. The molecule has 31 heavy (non-hydrogen) atoms. The van der Waals surface area contributed by atoms with Gasteiger partial charge in [0, 0.05) is 23.1 Å². The van der Waals surface area contributed by atoms with Crippen molar-refractivity contribution in [3.63, 3.8) is 0 Å². The van der Waals surface area contributed by atoms with Gasteiger partial charge in [-0.3, -0.25) is 4.79 Å². The molecule has 0 spiro atoms. The number of unbranched alkanes of at least 4 members (excludes halogenated alkanes) is 1. The van der Waals surface area contributed by atoms with Crippen LogP contribution in [-0.2, 0) is 4.79 Å². The average molecular weight is 413 g/mol. The zero-order valence-corrected chi connectivity index (χ0v) is 18.7. The highest BCUT2D eigenvalue weighted by atomic mass is 16.5. The fraction of sp³-hybridized carbons (Fsp3) is 0.414. The molecule has 1 aliphatic rings. The minimum absolute atomic E-state index is 0.0438. The minimum atomic E-state index is -0.0842. The molecular weight excluding hydrogens is 380 g/mol. The van der Waals surface area contributed by atoms with E-state index in [0.29, 0.717) is 5.75 Å². The van der Waals surface area contributed by atoms with Crippen molar-refractivity contribution in [2.75, 3.05) is 0 Å². The molecular formula is C29H32O2. The lowest BCUT2D eigenvalue weighted by atomic mass is 9.80. The second-order valence-electron chi connectivity index (χ2n) is 8.29. The molecule has 0 unspecified atom stereocenters. The van der Waals surface area contributed by atoms with Gasteiger partial charge in [-0.05, 0) is 80.1 Å². The number of carbonyl (C=O) groups excluding carboxylic acids is 1. The van der Waals surface area contributed by atoms with E-state index in [0.717, 1.165) is 54.7 Å². The fourth-order valence-corrected chi connectivity index (χ4v) is 3.96. The predicted octanol–water partition coefficient (Wildman–Crippen LogP) is 6.75. The molecule has 1 saturated carbocycles. The van der Waals surface area contributed by atoms with Crippen LogP contribution in [0.15, 0.2) is 48.5 Å². The molecule has 0 heterocycles. The number of benzene rings is 2. The van der Waals surface area contributed by atoms with Crippen LogP contribution in [0.25, 0.3) is 0 Å². The normalized spacial score (nSPS) is 17.6. The fourth-order valence-electron chi connectivity index (χ4n) is 3.96. The van der Waals surface area contributed by atoms with Crippen LogP contribution >= 0.6 is 0 Å². The molecule has 3 rings (SSSR count). The Hall–Kier alpha value is -2.97. The molecule has 2 aromatic carbocycles. The molecule has 1 aliphatic carbocycles. The number of esters is 1. The first-order valence-corrected chi connectivity index (χ1v) is 11.6. The second kappa shape index (κ2) is 12.0. The van der Waals surface area contributed by atoms with Crippen molar-refractivity contribution in [2.45, 2.75) is 65.2 Å². The Labute approximate surface area is 187 Å². The Morgan fingerprint density at radius 3 is 1.94 bits per heavy atom. The quantitative estimate of drug-likeness (QED) is 0.308. The summed E-state index contributed by atoms with van der Waals surface area (Å²) in [4.78, 5) is 12.5. The van der Waals surface area contributed by atoms with Gasteiger partial charge in [0.1, 0.15) is 5.75 Å². The molecule has 0 atom stereocenters. The van der Waals surface area contributed by atoms with Gasteiger partial charge < -0.3 is 4.74 Å². The zero-order chi connectivity index (χ0) is 21.9. The van der Waals surface area contributed by atoms with Crippen LogP contribution in [0.1, 0.15) is 81.9 Å². The standard InChI is InChI=1S/C29H32O2/c1-3-5-7-23-9-11-25(12-10-23)13-14-26-17-21-28(22-18-26)31-29(30)27-19-15-24(16-20-27)8-6-4-2/h9-12,17-18,21-22,24,27H,3-4,6,8,15-16,19-20H2,1-2H3. The van der Waals surface area contributed by atoms with Crippen molar-refractivity contribution >= 4 is 5.97 Å². The summed E-state index contributed by atoms with van der Waals surface area (Å²) in [6, 6.07) is 15.4. The van der Waals surface area contributed by atoms with Crippen LogP contribution in [-0.4, -0.2) is 5.97 Å². The predicted molar refractivity (Wildman–Crippen MR) is 127 cm³/mol. The molecule has 160 valence electrons. The highest BCUT2D eigenvalue weighted by molar-refractivity contribution is 5.75. The van der Waals surface area contributed by atoms with Gasteiger partial charge in [-0.1, -0.05) is 56.8 Å². The molecule has 2 aromatic rings. The highest BCUT2D eigenvalue weighted by Crippen LogP contribution is 2.32. The molecule has 0 aliphatic heterocycles. The molecule has 0 aromatic heterocycles. The third kappa shape index (κ3) is 7.34. The summed E-state index contributed by atoms with van der Waals surface area (Å²) in [7, 11) is 0. The SMILES string of the molecule is CCC#Cc1ccc(C#Cc2ccc(OC(=O)C3CCC(CCCC)CC3)cc2)cc1. The minimum Gasteiger partial charge on any atom is -0.426 e. The molecule has 0 saturated heterocycles. The summed E-state index contributed by atoms with van der Waals surface area (Å²) in [5.41, 5.74) is 2.85. The Morgan fingerprint density at radius 1 is 0.839 bits per heavy atom. The van der Waals surface area contributed by atoms with E-state index in [1.807, 2.05) is 55.5 Å².